The van der Waals surface area contributed by atoms with Gasteiger partial charge < -0.3 is 14.0 Å². The van der Waals surface area contributed by atoms with Crippen LogP contribution in [0.25, 0.3) is 0 Å². The molecule has 4 unspecified atom stereocenters. The summed E-state index contributed by atoms with van der Waals surface area (Å²) in [7, 11) is 5.50. The molecular weight excluding hydrogens is 218 g/mol. The maximum Gasteiger partial charge on any atom is 0.122 e. The van der Waals surface area contributed by atoms with E-state index in [9.17, 15) is 5.11 Å². The van der Waals surface area contributed by atoms with Crippen LogP contribution in [0.1, 0.15) is 20.8 Å². The van der Waals surface area contributed by atoms with Gasteiger partial charge in [-0.2, -0.15) is 0 Å². The normalized spacial score (nSPS) is 37.0. The molecule has 1 rings (SSSR count). The maximum atomic E-state index is 9.94. The number of hydrogen-bond acceptors (Lipinski definition) is 4. The van der Waals surface area contributed by atoms with E-state index in [0.29, 0.717) is 6.61 Å². The van der Waals surface area contributed by atoms with Crippen molar-refractivity contribution in [3.05, 3.63) is 0 Å². The topological polar surface area (TPSA) is 38.7 Å². The minimum absolute atomic E-state index is 0.0522. The second-order valence-electron chi connectivity index (χ2n) is 4.07. The number of hydrogen-bond donors (Lipinski definition) is 1. The van der Waals surface area contributed by atoms with Crippen molar-refractivity contribution in [1.82, 2.24) is 0 Å². The Labute approximate surface area is 92.4 Å². The summed E-state index contributed by atoms with van der Waals surface area (Å²) in [5, 5.41) is 9.94. The number of rotatable bonds is 4. The summed E-state index contributed by atoms with van der Waals surface area (Å²) in [6, 6.07) is 0. The van der Waals surface area contributed by atoms with Gasteiger partial charge in [0.15, 0.2) is 0 Å². The fraction of sp³-hybridized carbons (Fsp3) is 1.00. The molecule has 1 aliphatic rings. The zero-order valence-corrected chi connectivity index (χ0v) is 10.5. The van der Waals surface area contributed by atoms with Gasteiger partial charge in [-0.05, 0) is 6.92 Å². The van der Waals surface area contributed by atoms with Gasteiger partial charge in [0.2, 0.25) is 0 Å². The largest absolute Gasteiger partial charge is 0.390 e. The maximum absolute atomic E-state index is 9.94. The molecule has 4 atom stereocenters. The predicted octanol–water partition coefficient (Wildman–Crippen LogP) is 1.50. The summed E-state index contributed by atoms with van der Waals surface area (Å²) in [5.74, 6) is 0. The second kappa shape index (κ2) is 5.17. The molecule has 2 radical (unpaired) electrons. The van der Waals surface area contributed by atoms with Gasteiger partial charge >= 0.3 is 0 Å². The minimum atomic E-state index is -0.473. The standard InChI is InChI=1S/C8H16BO3PS/c1-5-8(2,3)7(10)6(12-5)4-11-14-13-9/h5-7,10,13H,4H2,1-3H3. The van der Waals surface area contributed by atoms with Crippen molar-refractivity contribution in [3.8, 4) is 0 Å². The predicted molar refractivity (Wildman–Crippen MR) is 61.7 cm³/mol. The van der Waals surface area contributed by atoms with Gasteiger partial charge in [0, 0.05) is 17.1 Å². The van der Waals surface area contributed by atoms with Crippen LogP contribution in [0.2, 0.25) is 0 Å². The average Bonchev–Trinajstić information content (AvgIpc) is 2.31. The molecule has 3 nitrogen and oxygen atoms in total. The Bertz CT molecular complexity index is 193. The molecule has 1 saturated heterocycles. The van der Waals surface area contributed by atoms with E-state index in [1.807, 2.05) is 20.8 Å². The highest BCUT2D eigenvalue weighted by atomic mass is 32.7. The van der Waals surface area contributed by atoms with Crippen molar-refractivity contribution in [1.29, 1.82) is 0 Å². The van der Waals surface area contributed by atoms with Gasteiger partial charge in [0.05, 0.1) is 18.8 Å². The molecule has 0 aliphatic carbocycles. The van der Waals surface area contributed by atoms with Crippen molar-refractivity contribution in [2.75, 3.05) is 6.61 Å². The van der Waals surface area contributed by atoms with E-state index in [0.717, 1.165) is 0 Å². The Kier molecular flexibility index (Phi) is 4.73. The number of aliphatic hydroxyl groups excluding tert-OH is 1. The Hall–Kier alpha value is 0.725. The fourth-order valence-corrected chi connectivity index (χ4v) is 2.18. The van der Waals surface area contributed by atoms with Crippen LogP contribution in [0.5, 0.6) is 0 Å². The zero-order valence-electron chi connectivity index (χ0n) is 8.69. The van der Waals surface area contributed by atoms with E-state index in [1.54, 1.807) is 0 Å². The smallest absolute Gasteiger partial charge is 0.122 e. The number of aliphatic hydroxyl groups is 1. The summed E-state index contributed by atoms with van der Waals surface area (Å²) in [5.41, 5.74) is -0.205. The van der Waals surface area contributed by atoms with Crippen LogP contribution in [0.3, 0.4) is 0 Å². The van der Waals surface area contributed by atoms with E-state index in [-0.39, 0.29) is 25.3 Å². The third-order valence-corrected chi connectivity index (χ3v) is 3.87. The molecule has 80 valence electrons. The van der Waals surface area contributed by atoms with Crippen LogP contribution < -0.4 is 0 Å². The second-order valence-corrected chi connectivity index (χ2v) is 5.91. The summed E-state index contributed by atoms with van der Waals surface area (Å²) >= 11 is 1.21. The lowest BCUT2D eigenvalue weighted by molar-refractivity contribution is -0.00653. The van der Waals surface area contributed by atoms with Gasteiger partial charge in [-0.25, -0.2) is 0 Å². The lowest BCUT2D eigenvalue weighted by atomic mass is 9.82. The number of ether oxygens (including phenoxy) is 1. The van der Waals surface area contributed by atoms with Crippen LogP contribution in [-0.2, 0) is 8.92 Å². The van der Waals surface area contributed by atoms with E-state index in [4.69, 9.17) is 16.5 Å². The van der Waals surface area contributed by atoms with Crippen molar-refractivity contribution < 1.29 is 14.0 Å². The highest BCUT2D eigenvalue weighted by molar-refractivity contribution is 8.53. The Morgan fingerprint density at radius 3 is 2.71 bits per heavy atom. The summed E-state index contributed by atoms with van der Waals surface area (Å²) < 4.78 is 10.8. The van der Waals surface area contributed by atoms with Crippen LogP contribution >= 0.6 is 19.3 Å². The molecule has 0 spiro atoms. The first kappa shape index (κ1) is 12.8. The first-order valence-corrected chi connectivity index (χ1v) is 7.12. The van der Waals surface area contributed by atoms with Gasteiger partial charge in [0.25, 0.3) is 0 Å². The van der Waals surface area contributed by atoms with Crippen molar-refractivity contribution in [2.45, 2.75) is 39.1 Å². The molecule has 6 heteroatoms. The molecular formula is C8H16BO3PS. The zero-order chi connectivity index (χ0) is 10.8. The lowest BCUT2D eigenvalue weighted by Crippen LogP contribution is -2.36. The van der Waals surface area contributed by atoms with Crippen LogP contribution in [0.15, 0.2) is 0 Å². The molecule has 0 aromatic carbocycles. The first-order chi connectivity index (χ1) is 6.50. The molecule has 0 aromatic rings. The van der Waals surface area contributed by atoms with Gasteiger partial charge in [0.1, 0.15) is 13.7 Å². The summed E-state index contributed by atoms with van der Waals surface area (Å²) in [6.07, 6.45) is -0.653. The average molecular weight is 234 g/mol. The van der Waals surface area contributed by atoms with Crippen molar-refractivity contribution in [2.24, 2.45) is 5.41 Å². The van der Waals surface area contributed by atoms with E-state index in [2.05, 4.69) is 0 Å². The molecule has 0 amide bonds. The molecule has 0 saturated carbocycles. The molecule has 1 fully saturated rings. The minimum Gasteiger partial charge on any atom is -0.390 e. The van der Waals surface area contributed by atoms with Gasteiger partial charge in [-0.15, -0.1) is 0 Å². The lowest BCUT2D eigenvalue weighted by Gasteiger charge is -2.25. The van der Waals surface area contributed by atoms with Gasteiger partial charge in [-0.1, -0.05) is 21.5 Å². The quantitative estimate of drug-likeness (QED) is 0.346. The summed E-state index contributed by atoms with van der Waals surface area (Å²) in [4.78, 5) is 0. The Morgan fingerprint density at radius 1 is 1.64 bits per heavy atom. The Balaban J connectivity index is 2.42. The van der Waals surface area contributed by atoms with Crippen LogP contribution in [0.4, 0.5) is 0 Å². The van der Waals surface area contributed by atoms with E-state index < -0.39 is 6.10 Å². The SMILES string of the molecule is [B]PSOCC1OC(C)C(C)(C)C1O. The van der Waals surface area contributed by atoms with Crippen molar-refractivity contribution >= 4 is 26.9 Å². The molecule has 1 N–H and O–H groups in total. The van der Waals surface area contributed by atoms with E-state index in [1.165, 1.54) is 11.7 Å². The van der Waals surface area contributed by atoms with Gasteiger partial charge in [-0.3, -0.25) is 0 Å². The third kappa shape index (κ3) is 2.64. The highest BCUT2D eigenvalue weighted by Crippen LogP contribution is 2.38. The van der Waals surface area contributed by atoms with E-state index >= 15 is 0 Å². The molecule has 14 heavy (non-hydrogen) atoms. The van der Waals surface area contributed by atoms with Crippen LogP contribution in [0, 0.1) is 5.41 Å². The molecule has 0 aromatic heterocycles. The monoisotopic (exact) mass is 234 g/mol. The first-order valence-electron chi connectivity index (χ1n) is 4.57. The molecule has 0 bridgehead atoms. The van der Waals surface area contributed by atoms with Crippen LogP contribution in [-0.4, -0.2) is 37.6 Å². The third-order valence-electron chi connectivity index (χ3n) is 2.88. The Morgan fingerprint density at radius 2 is 2.29 bits per heavy atom. The molecule has 1 aliphatic heterocycles. The fourth-order valence-electron chi connectivity index (χ4n) is 1.50. The molecule has 1 heterocycles. The van der Waals surface area contributed by atoms with Crippen molar-refractivity contribution in [3.63, 3.8) is 0 Å². The highest BCUT2D eigenvalue weighted by Gasteiger charge is 2.47. The summed E-state index contributed by atoms with van der Waals surface area (Å²) in [6.45, 7) is 6.37.